The van der Waals surface area contributed by atoms with Crippen LogP contribution < -0.4 is 5.32 Å². The van der Waals surface area contributed by atoms with Crippen LogP contribution in [0.5, 0.6) is 0 Å². The maximum absolute atomic E-state index is 11.9. The molecule has 0 heterocycles. The quantitative estimate of drug-likeness (QED) is 0.747. The zero-order valence-corrected chi connectivity index (χ0v) is 13.6. The largest absolute Gasteiger partial charge is 0.317 e. The standard InChI is InChI=1S/C15H31NO2S/c1-4-9-19(17,18)10-8-14-11-13(3)6-7-15(14)12-16-5-2/h13-16H,4-12H2,1-3H3. The first-order valence-electron chi connectivity index (χ1n) is 7.89. The topological polar surface area (TPSA) is 46.2 Å². The average molecular weight is 289 g/mol. The van der Waals surface area contributed by atoms with Gasteiger partial charge in [-0.3, -0.25) is 0 Å². The van der Waals surface area contributed by atoms with Crippen LogP contribution >= 0.6 is 0 Å². The Morgan fingerprint density at radius 1 is 1.11 bits per heavy atom. The molecule has 114 valence electrons. The normalized spacial score (nSPS) is 28.5. The van der Waals surface area contributed by atoms with Gasteiger partial charge in [0, 0.05) is 5.75 Å². The van der Waals surface area contributed by atoms with Crippen LogP contribution in [0.2, 0.25) is 0 Å². The van der Waals surface area contributed by atoms with Gasteiger partial charge in [-0.25, -0.2) is 8.42 Å². The van der Waals surface area contributed by atoms with Crippen LogP contribution in [0.15, 0.2) is 0 Å². The number of hydrogen-bond acceptors (Lipinski definition) is 3. The first kappa shape index (κ1) is 17.0. The van der Waals surface area contributed by atoms with Crippen molar-refractivity contribution in [1.82, 2.24) is 5.32 Å². The van der Waals surface area contributed by atoms with Crippen molar-refractivity contribution in [3.05, 3.63) is 0 Å². The van der Waals surface area contributed by atoms with Gasteiger partial charge >= 0.3 is 0 Å². The summed E-state index contributed by atoms with van der Waals surface area (Å²) in [4.78, 5) is 0. The van der Waals surface area contributed by atoms with E-state index < -0.39 is 9.84 Å². The molecule has 0 bridgehead atoms. The molecular weight excluding hydrogens is 258 g/mol. The summed E-state index contributed by atoms with van der Waals surface area (Å²) >= 11 is 0. The Morgan fingerprint density at radius 3 is 2.47 bits per heavy atom. The minimum atomic E-state index is -2.81. The highest BCUT2D eigenvalue weighted by Gasteiger charge is 2.29. The van der Waals surface area contributed by atoms with Gasteiger partial charge < -0.3 is 5.32 Å². The van der Waals surface area contributed by atoms with Gasteiger partial charge in [-0.1, -0.05) is 27.2 Å². The first-order chi connectivity index (χ1) is 8.98. The summed E-state index contributed by atoms with van der Waals surface area (Å²) in [6.07, 6.45) is 5.37. The van der Waals surface area contributed by atoms with Crippen molar-refractivity contribution >= 4 is 9.84 Å². The second kappa shape index (κ2) is 8.25. The predicted molar refractivity (Wildman–Crippen MR) is 82.1 cm³/mol. The van der Waals surface area contributed by atoms with Crippen molar-refractivity contribution in [3.8, 4) is 0 Å². The van der Waals surface area contributed by atoms with Crippen LogP contribution in [-0.2, 0) is 9.84 Å². The van der Waals surface area contributed by atoms with Gasteiger partial charge in [0.1, 0.15) is 9.84 Å². The zero-order chi connectivity index (χ0) is 14.3. The van der Waals surface area contributed by atoms with E-state index in [1.807, 2.05) is 6.92 Å². The third kappa shape index (κ3) is 6.26. The van der Waals surface area contributed by atoms with Gasteiger partial charge in [-0.05, 0) is 56.5 Å². The van der Waals surface area contributed by atoms with E-state index in [-0.39, 0.29) is 0 Å². The monoisotopic (exact) mass is 289 g/mol. The number of hydrogen-bond donors (Lipinski definition) is 1. The van der Waals surface area contributed by atoms with Crippen LogP contribution in [0.4, 0.5) is 0 Å². The fourth-order valence-electron chi connectivity index (χ4n) is 3.26. The summed E-state index contributed by atoms with van der Waals surface area (Å²) in [6, 6.07) is 0. The maximum Gasteiger partial charge on any atom is 0.150 e. The van der Waals surface area contributed by atoms with E-state index in [0.717, 1.165) is 31.8 Å². The molecule has 4 heteroatoms. The van der Waals surface area contributed by atoms with Gasteiger partial charge in [-0.2, -0.15) is 0 Å². The van der Waals surface area contributed by atoms with Crippen LogP contribution in [-0.4, -0.2) is 33.0 Å². The van der Waals surface area contributed by atoms with Crippen molar-refractivity contribution < 1.29 is 8.42 Å². The SMILES string of the molecule is CCCS(=O)(=O)CCC1CC(C)CCC1CNCC. The minimum Gasteiger partial charge on any atom is -0.317 e. The molecule has 1 aliphatic carbocycles. The molecule has 0 spiro atoms. The highest BCUT2D eigenvalue weighted by Crippen LogP contribution is 2.35. The molecule has 0 saturated heterocycles. The third-order valence-corrected chi connectivity index (χ3v) is 6.26. The van der Waals surface area contributed by atoms with Crippen molar-refractivity contribution in [2.75, 3.05) is 24.6 Å². The van der Waals surface area contributed by atoms with Gasteiger partial charge in [0.05, 0.1) is 5.75 Å². The summed E-state index contributed by atoms with van der Waals surface area (Å²) in [5.74, 6) is 2.77. The van der Waals surface area contributed by atoms with Crippen LogP contribution in [0, 0.1) is 17.8 Å². The fourth-order valence-corrected chi connectivity index (χ4v) is 4.75. The Kier molecular flexibility index (Phi) is 7.37. The van der Waals surface area contributed by atoms with Crippen molar-refractivity contribution in [2.24, 2.45) is 17.8 Å². The Bertz CT molecular complexity index is 338. The molecule has 0 aromatic heterocycles. The molecule has 0 amide bonds. The smallest absolute Gasteiger partial charge is 0.150 e. The van der Waals surface area contributed by atoms with Crippen molar-refractivity contribution in [3.63, 3.8) is 0 Å². The van der Waals surface area contributed by atoms with Gasteiger partial charge in [0.25, 0.3) is 0 Å². The first-order valence-corrected chi connectivity index (χ1v) is 9.71. The number of sulfone groups is 1. The highest BCUT2D eigenvalue weighted by molar-refractivity contribution is 7.91. The van der Waals surface area contributed by atoms with Gasteiger partial charge in [0.2, 0.25) is 0 Å². The number of rotatable bonds is 8. The predicted octanol–water partition coefficient (Wildman–Crippen LogP) is 2.86. The van der Waals surface area contributed by atoms with Crippen LogP contribution in [0.3, 0.4) is 0 Å². The molecule has 0 aromatic rings. The van der Waals surface area contributed by atoms with Crippen LogP contribution in [0.25, 0.3) is 0 Å². The molecule has 19 heavy (non-hydrogen) atoms. The molecule has 3 atom stereocenters. The Morgan fingerprint density at radius 2 is 1.84 bits per heavy atom. The van der Waals surface area contributed by atoms with Gasteiger partial charge in [0.15, 0.2) is 0 Å². The van der Waals surface area contributed by atoms with Crippen LogP contribution in [0.1, 0.15) is 52.9 Å². The molecule has 1 rings (SSSR count). The van der Waals surface area contributed by atoms with E-state index in [1.54, 1.807) is 0 Å². The minimum absolute atomic E-state index is 0.354. The molecule has 1 aliphatic rings. The zero-order valence-electron chi connectivity index (χ0n) is 12.8. The summed E-state index contributed by atoms with van der Waals surface area (Å²) in [6.45, 7) is 8.44. The van der Waals surface area contributed by atoms with Crippen molar-refractivity contribution in [2.45, 2.75) is 52.9 Å². The molecule has 0 radical (unpaired) electrons. The molecular formula is C15H31NO2S. The molecule has 1 N–H and O–H groups in total. The molecule has 0 aromatic carbocycles. The van der Waals surface area contributed by atoms with E-state index >= 15 is 0 Å². The summed E-state index contributed by atoms with van der Waals surface area (Å²) in [7, 11) is -2.81. The van der Waals surface area contributed by atoms with E-state index in [9.17, 15) is 8.42 Å². The molecule has 3 nitrogen and oxygen atoms in total. The lowest BCUT2D eigenvalue weighted by atomic mass is 9.73. The number of nitrogens with one attached hydrogen (secondary N) is 1. The van der Waals surface area contributed by atoms with Gasteiger partial charge in [-0.15, -0.1) is 0 Å². The van der Waals surface area contributed by atoms with E-state index in [0.29, 0.717) is 23.3 Å². The summed E-state index contributed by atoms with van der Waals surface area (Å²) in [5.41, 5.74) is 0. The lowest BCUT2D eigenvalue weighted by Gasteiger charge is -2.35. The fraction of sp³-hybridized carbons (Fsp3) is 1.00. The lowest BCUT2D eigenvalue weighted by molar-refractivity contribution is 0.181. The maximum atomic E-state index is 11.9. The third-order valence-electron chi connectivity index (χ3n) is 4.37. The molecule has 1 fully saturated rings. The molecule has 1 saturated carbocycles. The molecule has 3 unspecified atom stereocenters. The Hall–Kier alpha value is -0.0900. The van der Waals surface area contributed by atoms with E-state index in [4.69, 9.17) is 0 Å². The molecule has 0 aliphatic heterocycles. The lowest BCUT2D eigenvalue weighted by Crippen LogP contribution is -2.33. The average Bonchev–Trinajstić information content (AvgIpc) is 2.35. The Balaban J connectivity index is 2.50. The Labute approximate surface area is 119 Å². The van der Waals surface area contributed by atoms with Crippen molar-refractivity contribution in [1.29, 1.82) is 0 Å². The second-order valence-electron chi connectivity index (χ2n) is 6.19. The summed E-state index contributed by atoms with van der Waals surface area (Å²) in [5, 5.41) is 3.44. The highest BCUT2D eigenvalue weighted by atomic mass is 32.2. The summed E-state index contributed by atoms with van der Waals surface area (Å²) < 4.78 is 23.7. The van der Waals surface area contributed by atoms with E-state index in [2.05, 4.69) is 19.2 Å². The second-order valence-corrected chi connectivity index (χ2v) is 8.49. The van der Waals surface area contributed by atoms with E-state index in [1.165, 1.54) is 19.3 Å².